The number of carbonyl (C=O) groups excluding carboxylic acids is 2. The van der Waals surface area contributed by atoms with Crippen LogP contribution >= 0.6 is 0 Å². The zero-order valence-electron chi connectivity index (χ0n) is 12.5. The van der Waals surface area contributed by atoms with Gasteiger partial charge in [0.1, 0.15) is 0 Å². The molecule has 0 aromatic carbocycles. The van der Waals surface area contributed by atoms with E-state index in [9.17, 15) is 9.59 Å². The molecule has 5 nitrogen and oxygen atoms in total. The fourth-order valence-electron chi connectivity index (χ4n) is 3.24. The van der Waals surface area contributed by atoms with Gasteiger partial charge in [-0.3, -0.25) is 9.59 Å². The van der Waals surface area contributed by atoms with Crippen LogP contribution in [0.3, 0.4) is 0 Å². The minimum atomic E-state index is -0.220. The van der Waals surface area contributed by atoms with Crippen molar-refractivity contribution in [1.82, 2.24) is 15.5 Å². The highest BCUT2D eigenvalue weighted by Gasteiger charge is 2.37. The fourth-order valence-corrected chi connectivity index (χ4v) is 3.24. The van der Waals surface area contributed by atoms with E-state index in [1.165, 1.54) is 0 Å². The Kier molecular flexibility index (Phi) is 5.40. The maximum atomic E-state index is 12.4. The summed E-state index contributed by atoms with van der Waals surface area (Å²) in [6.07, 6.45) is 5.34. The Morgan fingerprint density at radius 3 is 2.45 bits per heavy atom. The molecule has 2 N–H and O–H groups in total. The molecule has 2 aliphatic rings. The number of carbonyl (C=O) groups is 2. The van der Waals surface area contributed by atoms with Gasteiger partial charge < -0.3 is 15.5 Å². The molecule has 2 amide bonds. The topological polar surface area (TPSA) is 61.4 Å². The molecule has 0 aromatic rings. The molecule has 0 unspecified atom stereocenters. The SMILES string of the molecule is CCC1(C(=O)NCCC(=O)N2CCCC2)CCNCC1. The predicted octanol–water partition coefficient (Wildman–Crippen LogP) is 0.895. The van der Waals surface area contributed by atoms with Crippen molar-refractivity contribution in [2.75, 3.05) is 32.7 Å². The highest BCUT2D eigenvalue weighted by molar-refractivity contribution is 5.83. The van der Waals surface area contributed by atoms with Gasteiger partial charge >= 0.3 is 0 Å². The van der Waals surface area contributed by atoms with E-state index in [0.29, 0.717) is 13.0 Å². The number of hydrogen-bond acceptors (Lipinski definition) is 3. The molecule has 2 fully saturated rings. The van der Waals surface area contributed by atoms with E-state index in [2.05, 4.69) is 17.6 Å². The van der Waals surface area contributed by atoms with E-state index in [1.54, 1.807) is 0 Å². The predicted molar refractivity (Wildman–Crippen MR) is 78.3 cm³/mol. The van der Waals surface area contributed by atoms with Gasteiger partial charge in [0, 0.05) is 26.1 Å². The van der Waals surface area contributed by atoms with Crippen LogP contribution in [0, 0.1) is 5.41 Å². The average molecular weight is 281 g/mol. The normalized spacial score (nSPS) is 21.8. The summed E-state index contributed by atoms with van der Waals surface area (Å²) in [5, 5.41) is 6.28. The first-order valence-electron chi connectivity index (χ1n) is 7.95. The van der Waals surface area contributed by atoms with Gasteiger partial charge in [0.25, 0.3) is 0 Å². The lowest BCUT2D eigenvalue weighted by Crippen LogP contribution is -2.48. The standard InChI is InChI=1S/C15H27N3O2/c1-2-15(6-9-16-10-7-15)14(20)17-8-5-13(19)18-11-3-4-12-18/h16H,2-12H2,1H3,(H,17,20). The van der Waals surface area contributed by atoms with E-state index in [-0.39, 0.29) is 17.2 Å². The minimum Gasteiger partial charge on any atom is -0.355 e. The van der Waals surface area contributed by atoms with Crippen molar-refractivity contribution in [3.8, 4) is 0 Å². The second kappa shape index (κ2) is 7.07. The molecule has 0 bridgehead atoms. The van der Waals surface area contributed by atoms with Crippen molar-refractivity contribution in [2.24, 2.45) is 5.41 Å². The van der Waals surface area contributed by atoms with E-state index >= 15 is 0 Å². The fraction of sp³-hybridized carbons (Fsp3) is 0.867. The largest absolute Gasteiger partial charge is 0.355 e. The zero-order chi connectivity index (χ0) is 14.4. The van der Waals surface area contributed by atoms with Crippen LogP contribution in [-0.2, 0) is 9.59 Å². The molecule has 2 aliphatic heterocycles. The average Bonchev–Trinajstić information content (AvgIpc) is 3.02. The summed E-state index contributed by atoms with van der Waals surface area (Å²) >= 11 is 0. The molecule has 5 heteroatoms. The summed E-state index contributed by atoms with van der Waals surface area (Å²) in [7, 11) is 0. The Morgan fingerprint density at radius 2 is 1.85 bits per heavy atom. The molecule has 0 aromatic heterocycles. The second-order valence-corrected chi connectivity index (χ2v) is 5.98. The van der Waals surface area contributed by atoms with Crippen LogP contribution in [0.4, 0.5) is 0 Å². The number of piperidine rings is 1. The lowest BCUT2D eigenvalue weighted by molar-refractivity contribution is -0.133. The minimum absolute atomic E-state index is 0.135. The zero-order valence-corrected chi connectivity index (χ0v) is 12.5. The van der Waals surface area contributed by atoms with E-state index in [1.807, 2.05) is 4.90 Å². The number of nitrogens with zero attached hydrogens (tertiary/aromatic N) is 1. The van der Waals surface area contributed by atoms with Crippen LogP contribution in [-0.4, -0.2) is 49.4 Å². The van der Waals surface area contributed by atoms with Gasteiger partial charge in [-0.15, -0.1) is 0 Å². The van der Waals surface area contributed by atoms with Gasteiger partial charge in [0.2, 0.25) is 11.8 Å². The third kappa shape index (κ3) is 3.51. The molecule has 114 valence electrons. The van der Waals surface area contributed by atoms with Gasteiger partial charge in [0.05, 0.1) is 5.41 Å². The van der Waals surface area contributed by atoms with Crippen molar-refractivity contribution in [2.45, 2.75) is 45.4 Å². The number of hydrogen-bond donors (Lipinski definition) is 2. The van der Waals surface area contributed by atoms with E-state index in [4.69, 9.17) is 0 Å². The number of rotatable bonds is 5. The van der Waals surface area contributed by atoms with Crippen molar-refractivity contribution in [3.63, 3.8) is 0 Å². The highest BCUT2D eigenvalue weighted by atomic mass is 16.2. The molecular formula is C15H27N3O2. The van der Waals surface area contributed by atoms with E-state index in [0.717, 1.165) is 58.3 Å². The summed E-state index contributed by atoms with van der Waals surface area (Å²) in [6, 6.07) is 0. The van der Waals surface area contributed by atoms with Gasteiger partial charge in [0.15, 0.2) is 0 Å². The van der Waals surface area contributed by atoms with Crippen LogP contribution < -0.4 is 10.6 Å². The van der Waals surface area contributed by atoms with Gasteiger partial charge in [-0.05, 0) is 45.2 Å². The molecule has 0 atom stereocenters. The molecule has 2 saturated heterocycles. The molecule has 0 radical (unpaired) electrons. The Morgan fingerprint density at radius 1 is 1.20 bits per heavy atom. The monoisotopic (exact) mass is 281 g/mol. The van der Waals surface area contributed by atoms with Crippen LogP contribution in [0.1, 0.15) is 45.4 Å². The van der Waals surface area contributed by atoms with Crippen molar-refractivity contribution < 1.29 is 9.59 Å². The highest BCUT2D eigenvalue weighted by Crippen LogP contribution is 2.32. The molecule has 20 heavy (non-hydrogen) atoms. The molecular weight excluding hydrogens is 254 g/mol. The third-order valence-electron chi connectivity index (χ3n) is 4.80. The maximum absolute atomic E-state index is 12.4. The molecule has 2 rings (SSSR count). The van der Waals surface area contributed by atoms with Gasteiger partial charge in [-0.1, -0.05) is 6.92 Å². The number of amides is 2. The van der Waals surface area contributed by atoms with Gasteiger partial charge in [-0.2, -0.15) is 0 Å². The van der Waals surface area contributed by atoms with E-state index < -0.39 is 0 Å². The van der Waals surface area contributed by atoms with Crippen molar-refractivity contribution in [3.05, 3.63) is 0 Å². The van der Waals surface area contributed by atoms with Crippen LogP contribution in [0.5, 0.6) is 0 Å². The van der Waals surface area contributed by atoms with Crippen LogP contribution in [0.2, 0.25) is 0 Å². The lowest BCUT2D eigenvalue weighted by Gasteiger charge is -2.35. The smallest absolute Gasteiger partial charge is 0.226 e. The quantitative estimate of drug-likeness (QED) is 0.787. The molecule has 0 spiro atoms. The first-order valence-corrected chi connectivity index (χ1v) is 7.95. The summed E-state index contributed by atoms with van der Waals surface area (Å²) in [4.78, 5) is 26.2. The van der Waals surface area contributed by atoms with Crippen LogP contribution in [0.15, 0.2) is 0 Å². The van der Waals surface area contributed by atoms with Crippen molar-refractivity contribution in [1.29, 1.82) is 0 Å². The first kappa shape index (κ1) is 15.3. The molecule has 0 aliphatic carbocycles. The Hall–Kier alpha value is -1.10. The summed E-state index contributed by atoms with van der Waals surface area (Å²) in [6.45, 7) is 6.15. The number of likely N-dealkylation sites (tertiary alicyclic amines) is 1. The summed E-state index contributed by atoms with van der Waals surface area (Å²) in [5.41, 5.74) is -0.220. The number of nitrogens with one attached hydrogen (secondary N) is 2. The van der Waals surface area contributed by atoms with Crippen LogP contribution in [0.25, 0.3) is 0 Å². The first-order chi connectivity index (χ1) is 9.68. The second-order valence-electron chi connectivity index (χ2n) is 5.98. The summed E-state index contributed by atoms with van der Waals surface area (Å²) < 4.78 is 0. The Bertz CT molecular complexity index is 345. The maximum Gasteiger partial charge on any atom is 0.226 e. The summed E-state index contributed by atoms with van der Waals surface area (Å²) in [5.74, 6) is 0.314. The molecule has 2 heterocycles. The lowest BCUT2D eigenvalue weighted by atomic mass is 9.76. The van der Waals surface area contributed by atoms with Crippen molar-refractivity contribution >= 4 is 11.8 Å². The third-order valence-corrected chi connectivity index (χ3v) is 4.80. The van der Waals surface area contributed by atoms with Gasteiger partial charge in [-0.25, -0.2) is 0 Å². The Balaban J connectivity index is 1.74. The Labute approximate surface area is 121 Å². The molecule has 0 saturated carbocycles.